The quantitative estimate of drug-likeness (QED) is 0.778. The van der Waals surface area contributed by atoms with Crippen molar-refractivity contribution in [3.63, 3.8) is 0 Å². The van der Waals surface area contributed by atoms with Crippen LogP contribution in [-0.2, 0) is 0 Å². The zero-order valence-electron chi connectivity index (χ0n) is 8.68. The summed E-state index contributed by atoms with van der Waals surface area (Å²) >= 11 is 0. The Labute approximate surface area is 84.3 Å². The van der Waals surface area contributed by atoms with Crippen LogP contribution in [0.1, 0.15) is 36.9 Å². The molecule has 1 aromatic rings. The molecule has 1 aliphatic rings. The lowest BCUT2D eigenvalue weighted by atomic mass is 10.1. The number of hydrogen-bond acceptors (Lipinski definition) is 1. The molecule has 1 N–H and O–H groups in total. The predicted octanol–water partition coefficient (Wildman–Crippen LogP) is 2.95. The van der Waals surface area contributed by atoms with Crippen LogP contribution in [0.5, 0.6) is 0 Å². The highest BCUT2D eigenvalue weighted by Crippen LogP contribution is 2.24. The van der Waals surface area contributed by atoms with Gasteiger partial charge in [-0.25, -0.2) is 4.39 Å². The highest BCUT2D eigenvalue weighted by molar-refractivity contribution is 5.25. The molecule has 0 radical (unpaired) electrons. The second-order valence-electron chi connectivity index (χ2n) is 4.17. The zero-order valence-corrected chi connectivity index (χ0v) is 8.68. The molecule has 2 rings (SSSR count). The first-order valence-electron chi connectivity index (χ1n) is 5.19. The van der Waals surface area contributed by atoms with Crippen molar-refractivity contribution in [3.8, 4) is 0 Å². The van der Waals surface area contributed by atoms with Crippen molar-refractivity contribution in [2.45, 2.75) is 38.8 Å². The molecule has 2 heteroatoms. The van der Waals surface area contributed by atoms with E-state index in [1.807, 2.05) is 12.1 Å². The Kier molecular flexibility index (Phi) is 2.55. The van der Waals surface area contributed by atoms with Gasteiger partial charge in [-0.05, 0) is 43.9 Å². The number of nitrogens with one attached hydrogen (secondary N) is 1. The molecule has 0 spiro atoms. The van der Waals surface area contributed by atoms with Crippen LogP contribution in [0, 0.1) is 12.7 Å². The first kappa shape index (κ1) is 9.66. The highest BCUT2D eigenvalue weighted by Gasteiger charge is 2.23. The molecule has 1 atom stereocenters. The summed E-state index contributed by atoms with van der Waals surface area (Å²) < 4.78 is 13.3. The molecule has 0 amide bonds. The maximum absolute atomic E-state index is 13.3. The molecule has 1 nitrogen and oxygen atoms in total. The Morgan fingerprint density at radius 1 is 1.43 bits per heavy atom. The maximum Gasteiger partial charge on any atom is 0.126 e. The Morgan fingerprint density at radius 2 is 2.14 bits per heavy atom. The van der Waals surface area contributed by atoms with Gasteiger partial charge in [0.2, 0.25) is 0 Å². The molecule has 0 aromatic heterocycles. The van der Waals surface area contributed by atoms with Crippen LogP contribution in [0.15, 0.2) is 18.2 Å². The van der Waals surface area contributed by atoms with Gasteiger partial charge in [0.05, 0.1) is 0 Å². The summed E-state index contributed by atoms with van der Waals surface area (Å²) in [5.74, 6) is -0.105. The summed E-state index contributed by atoms with van der Waals surface area (Å²) in [6.45, 7) is 3.88. The lowest BCUT2D eigenvalue weighted by Crippen LogP contribution is -2.20. The van der Waals surface area contributed by atoms with E-state index in [1.54, 1.807) is 13.0 Å². The number of rotatable bonds is 3. The highest BCUT2D eigenvalue weighted by atomic mass is 19.1. The van der Waals surface area contributed by atoms with Gasteiger partial charge < -0.3 is 5.32 Å². The van der Waals surface area contributed by atoms with Gasteiger partial charge in [0.15, 0.2) is 0 Å². The normalized spacial score (nSPS) is 18.2. The van der Waals surface area contributed by atoms with Gasteiger partial charge in [0.1, 0.15) is 5.82 Å². The molecule has 1 aliphatic carbocycles. The minimum absolute atomic E-state index is 0.105. The summed E-state index contributed by atoms with van der Waals surface area (Å²) in [4.78, 5) is 0. The molecule has 1 aromatic carbocycles. The third-order valence-corrected chi connectivity index (χ3v) is 2.76. The van der Waals surface area contributed by atoms with Crippen LogP contribution in [0.2, 0.25) is 0 Å². The average molecular weight is 193 g/mol. The molecule has 0 saturated heterocycles. The van der Waals surface area contributed by atoms with Crippen molar-refractivity contribution in [2.24, 2.45) is 0 Å². The van der Waals surface area contributed by atoms with Crippen LogP contribution < -0.4 is 5.32 Å². The van der Waals surface area contributed by atoms with E-state index in [9.17, 15) is 4.39 Å². The Hall–Kier alpha value is -0.890. The Morgan fingerprint density at radius 3 is 2.71 bits per heavy atom. The zero-order chi connectivity index (χ0) is 10.1. The summed E-state index contributed by atoms with van der Waals surface area (Å²) in [5, 5.41) is 3.45. The van der Waals surface area contributed by atoms with Gasteiger partial charge in [0.25, 0.3) is 0 Å². The lowest BCUT2D eigenvalue weighted by molar-refractivity contribution is 0.560. The van der Waals surface area contributed by atoms with Gasteiger partial charge in [-0.1, -0.05) is 12.1 Å². The second kappa shape index (κ2) is 3.70. The molecular weight excluding hydrogens is 177 g/mol. The second-order valence-corrected chi connectivity index (χ2v) is 4.17. The molecule has 1 unspecified atom stereocenters. The summed E-state index contributed by atoms with van der Waals surface area (Å²) in [7, 11) is 0. The van der Waals surface area contributed by atoms with Crippen LogP contribution in [0.3, 0.4) is 0 Å². The topological polar surface area (TPSA) is 12.0 Å². The fourth-order valence-electron chi connectivity index (χ4n) is 1.58. The molecule has 0 bridgehead atoms. The van der Waals surface area contributed by atoms with Gasteiger partial charge >= 0.3 is 0 Å². The fourth-order valence-corrected chi connectivity index (χ4v) is 1.58. The van der Waals surface area contributed by atoms with Gasteiger partial charge in [0, 0.05) is 12.1 Å². The largest absolute Gasteiger partial charge is 0.307 e. The molecule has 76 valence electrons. The lowest BCUT2D eigenvalue weighted by Gasteiger charge is -2.14. The van der Waals surface area contributed by atoms with E-state index in [-0.39, 0.29) is 11.9 Å². The number of halogens is 1. The number of aryl methyl sites for hydroxylation is 1. The Balaban J connectivity index is 2.10. The Bertz CT molecular complexity index is 331. The van der Waals surface area contributed by atoms with E-state index >= 15 is 0 Å². The van der Waals surface area contributed by atoms with E-state index in [1.165, 1.54) is 12.8 Å². The average Bonchev–Trinajstić information content (AvgIpc) is 2.93. The number of hydrogen-bond donors (Lipinski definition) is 1. The van der Waals surface area contributed by atoms with E-state index in [2.05, 4.69) is 12.2 Å². The molecular formula is C12H16FN. The van der Waals surface area contributed by atoms with Gasteiger partial charge in [-0.3, -0.25) is 0 Å². The number of benzene rings is 1. The molecule has 0 heterocycles. The minimum atomic E-state index is -0.105. The smallest absolute Gasteiger partial charge is 0.126 e. The first-order chi connectivity index (χ1) is 6.66. The van der Waals surface area contributed by atoms with Gasteiger partial charge in [-0.2, -0.15) is 0 Å². The van der Waals surface area contributed by atoms with E-state index in [4.69, 9.17) is 0 Å². The van der Waals surface area contributed by atoms with Crippen molar-refractivity contribution in [2.75, 3.05) is 0 Å². The third kappa shape index (κ3) is 2.13. The maximum atomic E-state index is 13.3. The van der Waals surface area contributed by atoms with E-state index in [0.29, 0.717) is 11.6 Å². The van der Waals surface area contributed by atoms with Gasteiger partial charge in [-0.15, -0.1) is 0 Å². The van der Waals surface area contributed by atoms with Crippen molar-refractivity contribution >= 4 is 0 Å². The molecule has 14 heavy (non-hydrogen) atoms. The van der Waals surface area contributed by atoms with Crippen LogP contribution in [-0.4, -0.2) is 6.04 Å². The summed E-state index contributed by atoms with van der Waals surface area (Å²) in [6, 6.07) is 6.40. The summed E-state index contributed by atoms with van der Waals surface area (Å²) in [5.41, 5.74) is 1.76. The molecule has 0 aliphatic heterocycles. The van der Waals surface area contributed by atoms with Crippen LogP contribution in [0.25, 0.3) is 0 Å². The van der Waals surface area contributed by atoms with Crippen LogP contribution >= 0.6 is 0 Å². The van der Waals surface area contributed by atoms with Crippen LogP contribution in [0.4, 0.5) is 4.39 Å². The van der Waals surface area contributed by atoms with Crippen molar-refractivity contribution in [1.29, 1.82) is 0 Å². The van der Waals surface area contributed by atoms with Crippen molar-refractivity contribution < 1.29 is 4.39 Å². The molecule has 1 saturated carbocycles. The van der Waals surface area contributed by atoms with E-state index in [0.717, 1.165) is 5.56 Å². The monoisotopic (exact) mass is 193 g/mol. The molecule has 1 fully saturated rings. The third-order valence-electron chi connectivity index (χ3n) is 2.76. The fraction of sp³-hybridized carbons (Fsp3) is 0.500. The SMILES string of the molecule is Cc1ccc(C(C)NC2CC2)cc1F. The van der Waals surface area contributed by atoms with E-state index < -0.39 is 0 Å². The summed E-state index contributed by atoms with van der Waals surface area (Å²) in [6.07, 6.45) is 2.53. The first-order valence-corrected chi connectivity index (χ1v) is 5.19. The van der Waals surface area contributed by atoms with Crippen molar-refractivity contribution in [3.05, 3.63) is 35.1 Å². The minimum Gasteiger partial charge on any atom is -0.307 e. The standard InChI is InChI=1S/C12H16FN/c1-8-3-4-10(7-12(8)13)9(2)14-11-5-6-11/h3-4,7,9,11,14H,5-6H2,1-2H3. The van der Waals surface area contributed by atoms with Crippen molar-refractivity contribution in [1.82, 2.24) is 5.32 Å². The predicted molar refractivity (Wildman–Crippen MR) is 55.7 cm³/mol.